The number of carbonyl (C=O) groups is 1. The van der Waals surface area contributed by atoms with Crippen molar-refractivity contribution in [3.8, 4) is 0 Å². The molecular formula is C10H11N5O. The normalized spacial score (nSPS) is 10.1. The summed E-state index contributed by atoms with van der Waals surface area (Å²) < 4.78 is 0. The molecule has 0 saturated carbocycles. The molecule has 0 saturated heterocycles. The van der Waals surface area contributed by atoms with E-state index in [-0.39, 0.29) is 11.9 Å². The minimum atomic E-state index is -0.240. The Morgan fingerprint density at radius 3 is 2.75 bits per heavy atom. The first kappa shape index (κ1) is 10.3. The second kappa shape index (κ2) is 4.52. The molecule has 0 aliphatic rings. The third kappa shape index (κ3) is 2.22. The van der Waals surface area contributed by atoms with Crippen LogP contribution in [0, 0.1) is 0 Å². The summed E-state index contributed by atoms with van der Waals surface area (Å²) in [4.78, 5) is 13.1. The van der Waals surface area contributed by atoms with Crippen LogP contribution in [0.5, 0.6) is 0 Å². The molecule has 1 aromatic carbocycles. The number of amides is 1. The fourth-order valence-electron chi connectivity index (χ4n) is 1.19. The molecule has 0 spiro atoms. The lowest BCUT2D eigenvalue weighted by molar-refractivity contribution is 0.102. The molecule has 0 aliphatic carbocycles. The van der Waals surface area contributed by atoms with E-state index in [2.05, 4.69) is 20.7 Å². The summed E-state index contributed by atoms with van der Waals surface area (Å²) in [6.45, 7) is 2.51. The van der Waals surface area contributed by atoms with Gasteiger partial charge >= 0.3 is 0 Å². The summed E-state index contributed by atoms with van der Waals surface area (Å²) in [6.07, 6.45) is 0. The van der Waals surface area contributed by atoms with Crippen molar-refractivity contribution in [1.29, 1.82) is 0 Å². The monoisotopic (exact) mass is 217 g/mol. The van der Waals surface area contributed by atoms with E-state index in [1.54, 1.807) is 24.3 Å². The zero-order valence-corrected chi connectivity index (χ0v) is 8.79. The Hall–Kier alpha value is -2.24. The zero-order valence-electron chi connectivity index (χ0n) is 8.79. The van der Waals surface area contributed by atoms with Gasteiger partial charge in [-0.1, -0.05) is 23.3 Å². The van der Waals surface area contributed by atoms with Gasteiger partial charge in [0.2, 0.25) is 0 Å². The van der Waals surface area contributed by atoms with Gasteiger partial charge in [-0.25, -0.2) is 0 Å². The van der Waals surface area contributed by atoms with E-state index < -0.39 is 0 Å². The highest BCUT2D eigenvalue weighted by atomic mass is 16.1. The van der Waals surface area contributed by atoms with Gasteiger partial charge in [-0.3, -0.25) is 10.1 Å². The summed E-state index contributed by atoms with van der Waals surface area (Å²) in [6, 6.07) is 8.89. The minimum absolute atomic E-state index is 0.218. The van der Waals surface area contributed by atoms with Crippen molar-refractivity contribution < 1.29 is 4.79 Å². The van der Waals surface area contributed by atoms with Gasteiger partial charge in [-0.2, -0.15) is 4.80 Å². The lowest BCUT2D eigenvalue weighted by Crippen LogP contribution is -2.13. The number of tetrazole rings is 1. The van der Waals surface area contributed by atoms with E-state index in [0.29, 0.717) is 12.1 Å². The van der Waals surface area contributed by atoms with Gasteiger partial charge in [0.1, 0.15) is 0 Å². The number of hydrogen-bond donors (Lipinski definition) is 1. The van der Waals surface area contributed by atoms with Gasteiger partial charge in [0, 0.05) is 5.56 Å². The smallest absolute Gasteiger partial charge is 0.270 e. The number of nitrogens with one attached hydrogen (secondary N) is 1. The van der Waals surface area contributed by atoms with E-state index in [9.17, 15) is 4.79 Å². The molecule has 0 bridgehead atoms. The number of carbonyl (C=O) groups excluding carboxylic acids is 1. The van der Waals surface area contributed by atoms with Gasteiger partial charge in [-0.05, 0) is 24.3 Å². The number of nitrogens with zero attached hydrogens (tertiary/aromatic N) is 4. The van der Waals surface area contributed by atoms with Crippen LogP contribution < -0.4 is 5.32 Å². The Kier molecular flexibility index (Phi) is 2.90. The quantitative estimate of drug-likeness (QED) is 0.830. The molecule has 1 aromatic heterocycles. The Morgan fingerprint density at radius 1 is 1.38 bits per heavy atom. The molecule has 6 nitrogen and oxygen atoms in total. The second-order valence-corrected chi connectivity index (χ2v) is 3.12. The summed E-state index contributed by atoms with van der Waals surface area (Å²) in [5.74, 6) is -0.0213. The first-order valence-electron chi connectivity index (χ1n) is 4.94. The number of hydrogen-bond acceptors (Lipinski definition) is 4. The number of aromatic nitrogens is 4. The standard InChI is InChI=1S/C10H11N5O/c1-2-15-13-10(12-14-15)11-9(16)8-6-4-3-5-7-8/h3-7H,2H2,1H3,(H,11,13,16). The molecule has 1 heterocycles. The van der Waals surface area contributed by atoms with Crippen LogP contribution in [0.25, 0.3) is 0 Å². The highest BCUT2D eigenvalue weighted by Gasteiger charge is 2.08. The van der Waals surface area contributed by atoms with Crippen molar-refractivity contribution in [2.24, 2.45) is 0 Å². The van der Waals surface area contributed by atoms with Gasteiger partial charge in [-0.15, -0.1) is 5.10 Å². The van der Waals surface area contributed by atoms with Crippen molar-refractivity contribution in [2.45, 2.75) is 13.5 Å². The predicted octanol–water partition coefficient (Wildman–Crippen LogP) is 0.945. The van der Waals surface area contributed by atoms with E-state index in [0.717, 1.165) is 0 Å². The molecule has 16 heavy (non-hydrogen) atoms. The molecule has 0 atom stereocenters. The molecule has 0 fully saturated rings. The zero-order chi connectivity index (χ0) is 11.4. The molecule has 6 heteroatoms. The maximum absolute atomic E-state index is 11.7. The van der Waals surface area contributed by atoms with Crippen LogP contribution in [0.15, 0.2) is 30.3 Å². The lowest BCUT2D eigenvalue weighted by atomic mass is 10.2. The van der Waals surface area contributed by atoms with Crippen LogP contribution in [0.4, 0.5) is 5.95 Å². The van der Waals surface area contributed by atoms with Crippen molar-refractivity contribution in [3.05, 3.63) is 35.9 Å². The average molecular weight is 217 g/mol. The average Bonchev–Trinajstić information content (AvgIpc) is 2.78. The summed E-state index contributed by atoms with van der Waals surface area (Å²) in [7, 11) is 0. The topological polar surface area (TPSA) is 72.7 Å². The van der Waals surface area contributed by atoms with Crippen LogP contribution in [-0.2, 0) is 6.54 Å². The van der Waals surface area contributed by atoms with Crippen molar-refractivity contribution in [2.75, 3.05) is 5.32 Å². The SMILES string of the molecule is CCn1nnc(NC(=O)c2ccccc2)n1. The number of anilines is 1. The largest absolute Gasteiger partial charge is 0.288 e. The van der Waals surface area contributed by atoms with Crippen molar-refractivity contribution >= 4 is 11.9 Å². The minimum Gasteiger partial charge on any atom is -0.288 e. The number of benzene rings is 1. The summed E-state index contributed by atoms with van der Waals surface area (Å²) in [5, 5.41) is 14.0. The lowest BCUT2D eigenvalue weighted by Gasteiger charge is -1.99. The third-order valence-corrected chi connectivity index (χ3v) is 2.00. The Bertz CT molecular complexity index is 479. The van der Waals surface area contributed by atoms with E-state index in [4.69, 9.17) is 0 Å². The molecule has 0 aliphatic heterocycles. The first-order valence-corrected chi connectivity index (χ1v) is 4.94. The molecular weight excluding hydrogens is 206 g/mol. The fraction of sp³-hybridized carbons (Fsp3) is 0.200. The Labute approximate surface area is 92.3 Å². The number of rotatable bonds is 3. The van der Waals surface area contributed by atoms with Gasteiger partial charge in [0.15, 0.2) is 0 Å². The predicted molar refractivity (Wildman–Crippen MR) is 57.9 cm³/mol. The fourth-order valence-corrected chi connectivity index (χ4v) is 1.19. The molecule has 1 amide bonds. The Morgan fingerprint density at radius 2 is 2.12 bits per heavy atom. The van der Waals surface area contributed by atoms with E-state index in [1.165, 1.54) is 4.80 Å². The van der Waals surface area contributed by atoms with Gasteiger partial charge < -0.3 is 0 Å². The van der Waals surface area contributed by atoms with Crippen LogP contribution in [0.1, 0.15) is 17.3 Å². The van der Waals surface area contributed by atoms with E-state index >= 15 is 0 Å². The molecule has 2 rings (SSSR count). The third-order valence-electron chi connectivity index (χ3n) is 2.00. The highest BCUT2D eigenvalue weighted by Crippen LogP contribution is 2.02. The van der Waals surface area contributed by atoms with Crippen molar-refractivity contribution in [1.82, 2.24) is 20.2 Å². The molecule has 0 unspecified atom stereocenters. The van der Waals surface area contributed by atoms with Crippen LogP contribution in [0.2, 0.25) is 0 Å². The second-order valence-electron chi connectivity index (χ2n) is 3.12. The van der Waals surface area contributed by atoms with Crippen LogP contribution in [0.3, 0.4) is 0 Å². The van der Waals surface area contributed by atoms with Crippen LogP contribution in [-0.4, -0.2) is 26.1 Å². The molecule has 0 radical (unpaired) electrons. The van der Waals surface area contributed by atoms with Crippen LogP contribution >= 0.6 is 0 Å². The summed E-state index contributed by atoms with van der Waals surface area (Å²) in [5.41, 5.74) is 0.565. The molecule has 82 valence electrons. The Balaban J connectivity index is 2.08. The molecule has 1 N–H and O–H groups in total. The highest BCUT2D eigenvalue weighted by molar-refractivity contribution is 6.03. The number of aryl methyl sites for hydroxylation is 1. The van der Waals surface area contributed by atoms with E-state index in [1.807, 2.05) is 13.0 Å². The maximum Gasteiger partial charge on any atom is 0.270 e. The maximum atomic E-state index is 11.7. The van der Waals surface area contributed by atoms with Crippen molar-refractivity contribution in [3.63, 3.8) is 0 Å². The van der Waals surface area contributed by atoms with Gasteiger partial charge in [0.25, 0.3) is 11.9 Å². The van der Waals surface area contributed by atoms with Gasteiger partial charge in [0.05, 0.1) is 6.54 Å². The summed E-state index contributed by atoms with van der Waals surface area (Å²) >= 11 is 0. The molecule has 2 aromatic rings. The first-order chi connectivity index (χ1) is 7.79.